The highest BCUT2D eigenvalue weighted by atomic mass is 16.4. The second-order valence-electron chi connectivity index (χ2n) is 3.74. The molecule has 1 heterocycles. The van der Waals surface area contributed by atoms with Crippen molar-refractivity contribution < 1.29 is 9.90 Å². The van der Waals surface area contributed by atoms with E-state index in [0.29, 0.717) is 5.57 Å². The van der Waals surface area contributed by atoms with Gasteiger partial charge in [0.25, 0.3) is 0 Å². The van der Waals surface area contributed by atoms with E-state index >= 15 is 0 Å². The molecule has 1 aliphatic rings. The zero-order chi connectivity index (χ0) is 11.5. The van der Waals surface area contributed by atoms with Crippen LogP contribution in [0.3, 0.4) is 0 Å². The fraction of sp³-hybridized carbons (Fsp3) is 0.250. The third-order valence-electron chi connectivity index (χ3n) is 2.26. The summed E-state index contributed by atoms with van der Waals surface area (Å²) in [7, 11) is 0. The van der Waals surface area contributed by atoms with E-state index in [-0.39, 0.29) is 0 Å². The van der Waals surface area contributed by atoms with E-state index < -0.39 is 11.5 Å². The topological polar surface area (TPSA) is 49.3 Å². The molecule has 0 aromatic heterocycles. The predicted molar refractivity (Wildman–Crippen MR) is 60.4 cm³/mol. The molecule has 0 spiro atoms. The van der Waals surface area contributed by atoms with Gasteiger partial charge in [0.1, 0.15) is 0 Å². The number of hydrogen-bond acceptors (Lipinski definition) is 2. The molecule has 1 rings (SSSR count). The van der Waals surface area contributed by atoms with Gasteiger partial charge in [-0.25, -0.2) is 4.79 Å². The maximum Gasteiger partial charge on any atom is 0.331 e. The van der Waals surface area contributed by atoms with Crippen LogP contribution in [0.4, 0.5) is 0 Å². The van der Waals surface area contributed by atoms with Crippen molar-refractivity contribution in [3.05, 3.63) is 48.2 Å². The van der Waals surface area contributed by atoms with E-state index in [1.165, 1.54) is 0 Å². The summed E-state index contributed by atoms with van der Waals surface area (Å²) in [6.07, 6.45) is 9.06. The molecule has 1 aliphatic heterocycles. The summed E-state index contributed by atoms with van der Waals surface area (Å²) >= 11 is 0. The van der Waals surface area contributed by atoms with Crippen LogP contribution in [0.1, 0.15) is 13.8 Å². The first-order valence-corrected chi connectivity index (χ1v) is 4.69. The molecule has 3 heteroatoms. The summed E-state index contributed by atoms with van der Waals surface area (Å²) in [6, 6.07) is 0. The van der Waals surface area contributed by atoms with Gasteiger partial charge in [0.15, 0.2) is 0 Å². The van der Waals surface area contributed by atoms with Crippen LogP contribution >= 0.6 is 0 Å². The Morgan fingerprint density at radius 1 is 1.67 bits per heavy atom. The smallest absolute Gasteiger partial charge is 0.331 e. The molecule has 2 N–H and O–H groups in total. The van der Waals surface area contributed by atoms with Gasteiger partial charge >= 0.3 is 5.97 Å². The first kappa shape index (κ1) is 11.3. The van der Waals surface area contributed by atoms with Crippen molar-refractivity contribution in [2.75, 3.05) is 0 Å². The van der Waals surface area contributed by atoms with Crippen LogP contribution in [0.2, 0.25) is 0 Å². The highest BCUT2D eigenvalue weighted by Gasteiger charge is 2.19. The third-order valence-corrected chi connectivity index (χ3v) is 2.26. The minimum absolute atomic E-state index is 0.324. The lowest BCUT2D eigenvalue weighted by atomic mass is 9.95. The number of carboxylic acids is 1. The van der Waals surface area contributed by atoms with Gasteiger partial charge < -0.3 is 10.4 Å². The number of hydrogen-bond donors (Lipinski definition) is 2. The fourth-order valence-corrected chi connectivity index (χ4v) is 1.33. The first-order valence-electron chi connectivity index (χ1n) is 4.69. The number of carboxylic acid groups (broad SMARTS) is 1. The van der Waals surface area contributed by atoms with Gasteiger partial charge in [-0.15, -0.1) is 0 Å². The van der Waals surface area contributed by atoms with Crippen molar-refractivity contribution >= 4 is 5.97 Å². The number of aliphatic carboxylic acids is 1. The molecule has 3 nitrogen and oxygen atoms in total. The first-order chi connectivity index (χ1) is 6.97. The van der Waals surface area contributed by atoms with E-state index in [2.05, 4.69) is 11.9 Å². The molecule has 0 saturated carbocycles. The number of dihydropyridines is 1. The molecule has 1 unspecified atom stereocenters. The number of carbonyl (C=O) groups is 1. The normalized spacial score (nSPS) is 25.5. The molecule has 0 radical (unpaired) electrons. The van der Waals surface area contributed by atoms with Gasteiger partial charge in [-0.05, 0) is 25.5 Å². The van der Waals surface area contributed by atoms with Crippen LogP contribution in [0.25, 0.3) is 0 Å². The standard InChI is InChI=1S/C12H15NO2/c1-4-10-5-6-12(3,13-8-10)7-9(2)11(14)15/h4-8,13H,1H2,2-3H3,(H,14,15)/b9-7+. The molecule has 0 aromatic carbocycles. The third kappa shape index (κ3) is 2.84. The maximum absolute atomic E-state index is 10.7. The minimum atomic E-state index is -0.898. The molecule has 0 amide bonds. The van der Waals surface area contributed by atoms with Crippen LogP contribution in [-0.4, -0.2) is 16.6 Å². The highest BCUT2D eigenvalue weighted by Crippen LogP contribution is 2.17. The average molecular weight is 205 g/mol. The van der Waals surface area contributed by atoms with E-state index in [9.17, 15) is 4.79 Å². The number of rotatable bonds is 3. The molecule has 0 aromatic rings. The van der Waals surface area contributed by atoms with Gasteiger partial charge in [0.05, 0.1) is 5.54 Å². The Hall–Kier alpha value is -1.77. The monoisotopic (exact) mass is 205 g/mol. The Morgan fingerprint density at radius 2 is 2.33 bits per heavy atom. The summed E-state index contributed by atoms with van der Waals surface area (Å²) in [5, 5.41) is 11.9. The summed E-state index contributed by atoms with van der Waals surface area (Å²) in [4.78, 5) is 10.7. The predicted octanol–water partition coefficient (Wildman–Crippen LogP) is 2.01. The van der Waals surface area contributed by atoms with Crippen molar-refractivity contribution in [2.24, 2.45) is 0 Å². The van der Waals surface area contributed by atoms with Crippen LogP contribution < -0.4 is 5.32 Å². The molecule has 0 bridgehead atoms. The largest absolute Gasteiger partial charge is 0.478 e. The Balaban J connectivity index is 2.86. The van der Waals surface area contributed by atoms with E-state index in [4.69, 9.17) is 5.11 Å². The van der Waals surface area contributed by atoms with Crippen molar-refractivity contribution in [2.45, 2.75) is 19.4 Å². The quantitative estimate of drug-likeness (QED) is 0.693. The Labute approximate surface area is 89.5 Å². The SMILES string of the molecule is C=CC1=CNC(C)(/C=C(\C)C(=O)O)C=C1. The molecule has 0 saturated heterocycles. The highest BCUT2D eigenvalue weighted by molar-refractivity contribution is 5.86. The van der Waals surface area contributed by atoms with Crippen LogP contribution in [0, 0.1) is 0 Å². The zero-order valence-electron chi connectivity index (χ0n) is 8.95. The van der Waals surface area contributed by atoms with Crippen molar-refractivity contribution in [3.8, 4) is 0 Å². The minimum Gasteiger partial charge on any atom is -0.478 e. The molecular weight excluding hydrogens is 190 g/mol. The molecule has 80 valence electrons. The molecular formula is C12H15NO2. The van der Waals surface area contributed by atoms with E-state index in [1.54, 1.807) is 19.1 Å². The summed E-state index contributed by atoms with van der Waals surface area (Å²) in [5.74, 6) is -0.898. The van der Waals surface area contributed by atoms with Crippen LogP contribution in [0.5, 0.6) is 0 Å². The van der Waals surface area contributed by atoms with E-state index in [1.807, 2.05) is 25.3 Å². The lowest BCUT2D eigenvalue weighted by Gasteiger charge is -2.26. The summed E-state index contributed by atoms with van der Waals surface area (Å²) in [6.45, 7) is 7.14. The Bertz CT molecular complexity index is 377. The second-order valence-corrected chi connectivity index (χ2v) is 3.74. The molecule has 15 heavy (non-hydrogen) atoms. The summed E-state index contributed by atoms with van der Waals surface area (Å²) < 4.78 is 0. The van der Waals surface area contributed by atoms with Gasteiger partial charge in [0.2, 0.25) is 0 Å². The van der Waals surface area contributed by atoms with Crippen LogP contribution in [0.15, 0.2) is 48.2 Å². The van der Waals surface area contributed by atoms with Gasteiger partial charge in [-0.2, -0.15) is 0 Å². The number of allylic oxidation sites excluding steroid dienone is 3. The van der Waals surface area contributed by atoms with Gasteiger partial charge in [-0.1, -0.05) is 24.8 Å². The van der Waals surface area contributed by atoms with E-state index in [0.717, 1.165) is 5.57 Å². The lowest BCUT2D eigenvalue weighted by molar-refractivity contribution is -0.132. The van der Waals surface area contributed by atoms with Crippen molar-refractivity contribution in [3.63, 3.8) is 0 Å². The summed E-state index contributed by atoms with van der Waals surface area (Å²) in [5.41, 5.74) is 0.869. The van der Waals surface area contributed by atoms with Gasteiger partial charge in [0, 0.05) is 11.8 Å². The Kier molecular flexibility index (Phi) is 3.14. The second kappa shape index (κ2) is 4.17. The molecule has 0 fully saturated rings. The maximum atomic E-state index is 10.7. The zero-order valence-corrected chi connectivity index (χ0v) is 8.95. The Morgan fingerprint density at radius 3 is 2.73 bits per heavy atom. The fourth-order valence-electron chi connectivity index (χ4n) is 1.33. The number of nitrogens with one attached hydrogen (secondary N) is 1. The van der Waals surface area contributed by atoms with Crippen molar-refractivity contribution in [1.82, 2.24) is 5.32 Å². The molecule has 0 aliphatic carbocycles. The van der Waals surface area contributed by atoms with Crippen LogP contribution in [-0.2, 0) is 4.79 Å². The lowest BCUT2D eigenvalue weighted by Crippen LogP contribution is -2.37. The van der Waals surface area contributed by atoms with Gasteiger partial charge in [-0.3, -0.25) is 0 Å². The van der Waals surface area contributed by atoms with Crippen molar-refractivity contribution in [1.29, 1.82) is 0 Å². The average Bonchev–Trinajstić information content (AvgIpc) is 2.18. The molecule has 1 atom stereocenters.